The Hall–Kier alpha value is -0.310. The minimum atomic E-state index is 0.653. The van der Waals surface area contributed by atoms with E-state index in [1.165, 1.54) is 11.8 Å². The number of carbonyl (C=O) groups is 1. The van der Waals surface area contributed by atoms with E-state index in [-0.39, 0.29) is 0 Å². The fourth-order valence-corrected chi connectivity index (χ4v) is 1.07. The van der Waals surface area contributed by atoms with Gasteiger partial charge in [-0.2, -0.15) is 0 Å². The molecule has 0 fully saturated rings. The van der Waals surface area contributed by atoms with Crippen molar-refractivity contribution in [3.8, 4) is 0 Å². The molecule has 1 heterocycles. The van der Waals surface area contributed by atoms with Gasteiger partial charge in [0, 0.05) is 12.3 Å². The highest BCUT2D eigenvalue weighted by molar-refractivity contribution is 8.15. The van der Waals surface area contributed by atoms with E-state index in [2.05, 4.69) is 4.99 Å². The molecular weight excluding hydrogens is 110 g/mol. The normalized spacial score (nSPS) is 19.1. The van der Waals surface area contributed by atoms with E-state index in [1.54, 1.807) is 0 Å². The number of hydrogen-bond donors (Lipinski definition) is 0. The second kappa shape index (κ2) is 2.12. The lowest BCUT2D eigenvalue weighted by Gasteiger charge is -1.76. The quantitative estimate of drug-likeness (QED) is 0.461. The van der Waals surface area contributed by atoms with Gasteiger partial charge in [0.15, 0.2) is 6.29 Å². The second-order valence-corrected chi connectivity index (χ2v) is 2.30. The molecule has 0 N–H and O–H groups in total. The highest BCUT2D eigenvalue weighted by Gasteiger charge is 2.02. The van der Waals surface area contributed by atoms with Crippen LogP contribution in [0.5, 0.6) is 0 Å². The third-order valence-corrected chi connectivity index (χ3v) is 1.62. The fourth-order valence-electron chi connectivity index (χ4n) is 0.423. The van der Waals surface area contributed by atoms with Crippen LogP contribution in [0.4, 0.5) is 0 Å². The molecule has 2 nitrogen and oxygen atoms in total. The maximum absolute atomic E-state index is 9.86. The first-order valence-corrected chi connectivity index (χ1v) is 3.04. The summed E-state index contributed by atoms with van der Waals surface area (Å²) < 4.78 is 0. The summed E-state index contributed by atoms with van der Waals surface area (Å²) in [5, 5.41) is 0.653. The lowest BCUT2D eigenvalue weighted by atomic mass is 10.7. The predicted octanol–water partition coefficient (Wildman–Crippen LogP) is 0.331. The Kier molecular flexibility index (Phi) is 1.46. The van der Waals surface area contributed by atoms with Gasteiger partial charge >= 0.3 is 0 Å². The zero-order valence-electron chi connectivity index (χ0n) is 3.76. The third-order valence-electron chi connectivity index (χ3n) is 0.710. The Morgan fingerprint density at radius 1 is 1.86 bits per heavy atom. The van der Waals surface area contributed by atoms with Gasteiger partial charge < -0.3 is 0 Å². The average molecular weight is 115 g/mol. The van der Waals surface area contributed by atoms with Gasteiger partial charge in [0.2, 0.25) is 0 Å². The summed E-state index contributed by atoms with van der Waals surface area (Å²) in [4.78, 5) is 13.7. The van der Waals surface area contributed by atoms with E-state index in [4.69, 9.17) is 0 Å². The maximum Gasteiger partial charge on any atom is 0.174 e. The summed E-state index contributed by atoms with van der Waals surface area (Å²) in [6, 6.07) is 0. The highest BCUT2D eigenvalue weighted by atomic mass is 32.2. The Labute approximate surface area is 46.0 Å². The first kappa shape index (κ1) is 4.84. The van der Waals surface area contributed by atoms with E-state index in [1.807, 2.05) is 0 Å². The van der Waals surface area contributed by atoms with Crippen LogP contribution in [0.3, 0.4) is 0 Å². The molecule has 0 spiro atoms. The summed E-state index contributed by atoms with van der Waals surface area (Å²) in [5.74, 6) is 0.980. The van der Waals surface area contributed by atoms with Crippen LogP contribution >= 0.6 is 11.8 Å². The van der Waals surface area contributed by atoms with E-state index >= 15 is 0 Å². The average Bonchev–Trinajstić information content (AvgIpc) is 2.14. The smallest absolute Gasteiger partial charge is 0.174 e. The monoisotopic (exact) mass is 115 g/mol. The molecule has 1 aliphatic heterocycles. The van der Waals surface area contributed by atoms with Gasteiger partial charge in [-0.25, -0.2) is 0 Å². The number of hydrogen-bond acceptors (Lipinski definition) is 3. The molecule has 0 aromatic heterocycles. The van der Waals surface area contributed by atoms with Crippen molar-refractivity contribution in [3.05, 3.63) is 0 Å². The molecule has 0 bridgehead atoms. The van der Waals surface area contributed by atoms with Gasteiger partial charge in [-0.05, 0) is 0 Å². The molecule has 0 saturated heterocycles. The van der Waals surface area contributed by atoms with Crippen molar-refractivity contribution in [3.63, 3.8) is 0 Å². The van der Waals surface area contributed by atoms with E-state index < -0.39 is 0 Å². The van der Waals surface area contributed by atoms with Crippen LogP contribution < -0.4 is 0 Å². The molecule has 0 aromatic rings. The van der Waals surface area contributed by atoms with E-state index in [0.29, 0.717) is 5.04 Å². The van der Waals surface area contributed by atoms with Crippen LogP contribution in [0.2, 0.25) is 0 Å². The van der Waals surface area contributed by atoms with Gasteiger partial charge in [-0.3, -0.25) is 9.79 Å². The lowest BCUT2D eigenvalue weighted by molar-refractivity contribution is -0.102. The van der Waals surface area contributed by atoms with Gasteiger partial charge in [0.25, 0.3) is 0 Å². The predicted molar refractivity (Wildman–Crippen MR) is 30.8 cm³/mol. The van der Waals surface area contributed by atoms with Crippen molar-refractivity contribution in [2.45, 2.75) is 0 Å². The standard InChI is InChI=1S/C4H5NOS/c6-3-4-5-1-2-7-4/h3H,1-2H2. The van der Waals surface area contributed by atoms with Gasteiger partial charge in [0.05, 0.1) is 0 Å². The molecule has 0 aromatic carbocycles. The first-order chi connectivity index (χ1) is 3.43. The molecule has 1 aliphatic rings. The van der Waals surface area contributed by atoms with Crippen LogP contribution in [0.25, 0.3) is 0 Å². The van der Waals surface area contributed by atoms with Gasteiger partial charge in [-0.1, -0.05) is 0 Å². The second-order valence-electron chi connectivity index (χ2n) is 1.19. The summed E-state index contributed by atoms with van der Waals surface area (Å²) in [6.07, 6.45) is 0.803. The summed E-state index contributed by atoms with van der Waals surface area (Å²) in [7, 11) is 0. The van der Waals surface area contributed by atoms with E-state index in [0.717, 1.165) is 18.6 Å². The van der Waals surface area contributed by atoms with Crippen LogP contribution in [-0.4, -0.2) is 23.6 Å². The van der Waals surface area contributed by atoms with Gasteiger partial charge in [0.1, 0.15) is 5.04 Å². The maximum atomic E-state index is 9.86. The molecule has 1 rings (SSSR count). The number of aliphatic imine (C=N–C) groups is 1. The first-order valence-electron chi connectivity index (χ1n) is 2.06. The van der Waals surface area contributed by atoms with Crippen molar-refractivity contribution >= 4 is 23.1 Å². The number of aldehydes is 1. The summed E-state index contributed by atoms with van der Waals surface area (Å²) in [6.45, 7) is 0.818. The Morgan fingerprint density at radius 3 is 3.00 bits per heavy atom. The molecule has 38 valence electrons. The third kappa shape index (κ3) is 1.03. The van der Waals surface area contributed by atoms with Crippen molar-refractivity contribution in [1.82, 2.24) is 0 Å². The fraction of sp³-hybridized carbons (Fsp3) is 0.500. The minimum absolute atomic E-state index is 0.653. The zero-order chi connectivity index (χ0) is 5.11. The lowest BCUT2D eigenvalue weighted by Crippen LogP contribution is -1.84. The molecular formula is C4H5NOS. The Balaban J connectivity index is 2.51. The van der Waals surface area contributed by atoms with E-state index in [9.17, 15) is 4.79 Å². The van der Waals surface area contributed by atoms with Crippen LogP contribution in [0.1, 0.15) is 0 Å². The topological polar surface area (TPSA) is 29.4 Å². The zero-order valence-corrected chi connectivity index (χ0v) is 4.57. The molecule has 0 radical (unpaired) electrons. The largest absolute Gasteiger partial charge is 0.296 e. The molecule has 0 amide bonds. The Bertz CT molecular complexity index is 110. The summed E-state index contributed by atoms with van der Waals surface area (Å²) >= 11 is 1.52. The van der Waals surface area contributed by atoms with Crippen molar-refractivity contribution in [1.29, 1.82) is 0 Å². The SMILES string of the molecule is O=CC1=NCCS1. The summed E-state index contributed by atoms with van der Waals surface area (Å²) in [5.41, 5.74) is 0. The molecule has 3 heteroatoms. The molecule has 0 unspecified atom stereocenters. The molecule has 0 saturated carbocycles. The Morgan fingerprint density at radius 2 is 2.71 bits per heavy atom. The van der Waals surface area contributed by atoms with Crippen molar-refractivity contribution in [2.24, 2.45) is 4.99 Å². The number of carbonyl (C=O) groups excluding carboxylic acids is 1. The number of rotatable bonds is 1. The van der Waals surface area contributed by atoms with Crippen molar-refractivity contribution in [2.75, 3.05) is 12.3 Å². The molecule has 7 heavy (non-hydrogen) atoms. The van der Waals surface area contributed by atoms with Crippen LogP contribution in [0, 0.1) is 0 Å². The van der Waals surface area contributed by atoms with Crippen molar-refractivity contribution < 1.29 is 4.79 Å². The molecule has 0 atom stereocenters. The molecule has 0 aliphatic carbocycles. The number of thioether (sulfide) groups is 1. The minimum Gasteiger partial charge on any atom is -0.296 e. The number of nitrogens with zero attached hydrogens (tertiary/aromatic N) is 1. The van der Waals surface area contributed by atoms with Crippen LogP contribution in [-0.2, 0) is 4.79 Å². The van der Waals surface area contributed by atoms with Crippen LogP contribution in [0.15, 0.2) is 4.99 Å². The highest BCUT2D eigenvalue weighted by Crippen LogP contribution is 2.08. The van der Waals surface area contributed by atoms with Gasteiger partial charge in [-0.15, -0.1) is 11.8 Å².